The fourth-order valence-electron chi connectivity index (χ4n) is 3.55. The standard InChI is InChI=1S/C22H24N6O2/c1-5-27(12-19-25-18-9-7-6-8-16(18)21(29)26-19)22(30)17-10-15-11-23-28(13(2)3)20(15)24-14(17)4/h6-11,13H,5,12H2,1-4H3,(H,25,26,29). The second-order valence-electron chi connectivity index (χ2n) is 7.57. The Hall–Kier alpha value is -3.55. The molecule has 154 valence electrons. The van der Waals surface area contributed by atoms with Crippen molar-refractivity contribution in [3.63, 3.8) is 0 Å². The lowest BCUT2D eigenvalue weighted by Gasteiger charge is -2.21. The lowest BCUT2D eigenvalue weighted by molar-refractivity contribution is 0.0747. The Morgan fingerprint density at radius 1 is 1.23 bits per heavy atom. The van der Waals surface area contributed by atoms with Crippen molar-refractivity contribution >= 4 is 27.8 Å². The van der Waals surface area contributed by atoms with E-state index in [9.17, 15) is 9.59 Å². The number of rotatable bonds is 5. The van der Waals surface area contributed by atoms with Crippen molar-refractivity contribution in [1.82, 2.24) is 29.6 Å². The molecule has 3 heterocycles. The number of hydrogen-bond donors (Lipinski definition) is 1. The Kier molecular flexibility index (Phi) is 5.07. The van der Waals surface area contributed by atoms with Crippen LogP contribution in [-0.4, -0.2) is 42.1 Å². The molecule has 8 heteroatoms. The zero-order valence-corrected chi connectivity index (χ0v) is 17.5. The van der Waals surface area contributed by atoms with Crippen LogP contribution in [0.5, 0.6) is 0 Å². The molecule has 0 bridgehead atoms. The molecule has 0 aliphatic carbocycles. The van der Waals surface area contributed by atoms with Gasteiger partial charge >= 0.3 is 0 Å². The molecule has 0 saturated heterocycles. The number of H-pyrrole nitrogens is 1. The van der Waals surface area contributed by atoms with Gasteiger partial charge in [-0.05, 0) is 45.9 Å². The van der Waals surface area contributed by atoms with Crippen LogP contribution in [0.4, 0.5) is 0 Å². The van der Waals surface area contributed by atoms with Crippen LogP contribution in [-0.2, 0) is 6.54 Å². The first kappa shape index (κ1) is 19.8. The summed E-state index contributed by atoms with van der Waals surface area (Å²) in [7, 11) is 0. The molecule has 4 aromatic rings. The highest BCUT2D eigenvalue weighted by molar-refractivity contribution is 5.98. The second-order valence-corrected chi connectivity index (χ2v) is 7.57. The number of para-hydroxylation sites is 1. The molecule has 0 atom stereocenters. The lowest BCUT2D eigenvalue weighted by atomic mass is 10.1. The van der Waals surface area contributed by atoms with E-state index in [-0.39, 0.29) is 24.1 Å². The molecule has 3 aromatic heterocycles. The van der Waals surface area contributed by atoms with Crippen molar-refractivity contribution < 1.29 is 4.79 Å². The molecule has 30 heavy (non-hydrogen) atoms. The van der Waals surface area contributed by atoms with Gasteiger partial charge in [0.05, 0.1) is 34.9 Å². The van der Waals surface area contributed by atoms with Gasteiger partial charge in [-0.2, -0.15) is 5.10 Å². The van der Waals surface area contributed by atoms with Crippen LogP contribution in [0.25, 0.3) is 21.9 Å². The number of benzene rings is 1. The van der Waals surface area contributed by atoms with Gasteiger partial charge in [-0.1, -0.05) is 12.1 Å². The molecule has 1 amide bonds. The molecule has 0 unspecified atom stereocenters. The molecule has 0 aliphatic rings. The average Bonchev–Trinajstić information content (AvgIpc) is 3.14. The predicted molar refractivity (Wildman–Crippen MR) is 115 cm³/mol. The number of aryl methyl sites for hydroxylation is 1. The first-order chi connectivity index (χ1) is 14.4. The minimum absolute atomic E-state index is 0.155. The molecule has 8 nitrogen and oxygen atoms in total. The van der Waals surface area contributed by atoms with Crippen LogP contribution in [0.1, 0.15) is 48.7 Å². The Morgan fingerprint density at radius 3 is 2.73 bits per heavy atom. The van der Waals surface area contributed by atoms with Gasteiger partial charge in [-0.3, -0.25) is 9.59 Å². The fraction of sp³-hybridized carbons (Fsp3) is 0.318. The van der Waals surface area contributed by atoms with Gasteiger partial charge in [0.1, 0.15) is 5.82 Å². The fourth-order valence-corrected chi connectivity index (χ4v) is 3.55. The van der Waals surface area contributed by atoms with Crippen LogP contribution < -0.4 is 5.56 Å². The van der Waals surface area contributed by atoms with Crippen molar-refractivity contribution in [2.24, 2.45) is 0 Å². The van der Waals surface area contributed by atoms with E-state index in [4.69, 9.17) is 0 Å². The Labute approximate surface area is 173 Å². The van der Waals surface area contributed by atoms with Crippen LogP contribution in [0.2, 0.25) is 0 Å². The molecule has 1 aromatic carbocycles. The normalized spacial score (nSPS) is 11.5. The summed E-state index contributed by atoms with van der Waals surface area (Å²) in [6, 6.07) is 9.18. The summed E-state index contributed by atoms with van der Waals surface area (Å²) in [6.07, 6.45) is 1.73. The summed E-state index contributed by atoms with van der Waals surface area (Å²) in [5.74, 6) is 0.297. The molecular formula is C22H24N6O2. The number of carbonyl (C=O) groups is 1. The summed E-state index contributed by atoms with van der Waals surface area (Å²) in [6.45, 7) is 8.48. The summed E-state index contributed by atoms with van der Waals surface area (Å²) < 4.78 is 1.85. The largest absolute Gasteiger partial charge is 0.331 e. The van der Waals surface area contributed by atoms with Crippen molar-refractivity contribution in [2.75, 3.05) is 6.54 Å². The maximum Gasteiger partial charge on any atom is 0.258 e. The zero-order valence-electron chi connectivity index (χ0n) is 17.5. The first-order valence-electron chi connectivity index (χ1n) is 10.0. The number of aromatic amines is 1. The third kappa shape index (κ3) is 3.45. The molecule has 4 rings (SSSR count). The van der Waals surface area contributed by atoms with Crippen LogP contribution in [0.15, 0.2) is 41.3 Å². The van der Waals surface area contributed by atoms with Crippen molar-refractivity contribution in [3.05, 3.63) is 64.0 Å². The van der Waals surface area contributed by atoms with E-state index in [0.717, 1.165) is 11.0 Å². The molecule has 1 N–H and O–H groups in total. The number of carbonyl (C=O) groups excluding carboxylic acids is 1. The van der Waals surface area contributed by atoms with Gasteiger partial charge in [-0.25, -0.2) is 14.6 Å². The number of hydrogen-bond acceptors (Lipinski definition) is 5. The van der Waals surface area contributed by atoms with E-state index in [1.54, 1.807) is 29.3 Å². The third-order valence-electron chi connectivity index (χ3n) is 5.15. The number of fused-ring (bicyclic) bond motifs is 2. The number of nitrogens with zero attached hydrogens (tertiary/aromatic N) is 5. The maximum absolute atomic E-state index is 13.3. The second kappa shape index (κ2) is 7.70. The minimum Gasteiger partial charge on any atom is -0.331 e. The molecule has 0 spiro atoms. The number of aromatic nitrogens is 5. The summed E-state index contributed by atoms with van der Waals surface area (Å²) in [5.41, 5.74) is 2.34. The highest BCUT2D eigenvalue weighted by Crippen LogP contribution is 2.21. The van der Waals surface area contributed by atoms with Gasteiger partial charge in [0.15, 0.2) is 5.65 Å². The minimum atomic E-state index is -0.209. The monoisotopic (exact) mass is 404 g/mol. The Bertz CT molecular complexity index is 1300. The highest BCUT2D eigenvalue weighted by atomic mass is 16.2. The SMILES string of the molecule is CCN(Cc1nc2ccccc2c(=O)[nH]1)C(=O)c1cc2cnn(C(C)C)c2nc1C. The van der Waals surface area contributed by atoms with E-state index in [1.165, 1.54) is 0 Å². The van der Waals surface area contributed by atoms with Crippen LogP contribution in [0.3, 0.4) is 0 Å². The number of nitrogens with one attached hydrogen (secondary N) is 1. The summed E-state index contributed by atoms with van der Waals surface area (Å²) in [5, 5.41) is 5.74. The Morgan fingerprint density at radius 2 is 2.00 bits per heavy atom. The first-order valence-corrected chi connectivity index (χ1v) is 10.0. The third-order valence-corrected chi connectivity index (χ3v) is 5.15. The highest BCUT2D eigenvalue weighted by Gasteiger charge is 2.21. The van der Waals surface area contributed by atoms with Crippen molar-refractivity contribution in [2.45, 2.75) is 40.3 Å². The van der Waals surface area contributed by atoms with Gasteiger partial charge < -0.3 is 9.88 Å². The number of pyridine rings is 1. The van der Waals surface area contributed by atoms with Gasteiger partial charge in [-0.15, -0.1) is 0 Å². The smallest absolute Gasteiger partial charge is 0.258 e. The van der Waals surface area contributed by atoms with Crippen molar-refractivity contribution in [3.8, 4) is 0 Å². The molecule has 0 saturated carbocycles. The van der Waals surface area contributed by atoms with E-state index in [1.807, 2.05) is 44.5 Å². The summed E-state index contributed by atoms with van der Waals surface area (Å²) in [4.78, 5) is 39.2. The van der Waals surface area contributed by atoms with E-state index in [0.29, 0.717) is 34.5 Å². The molecule has 0 fully saturated rings. The van der Waals surface area contributed by atoms with Crippen LogP contribution >= 0.6 is 0 Å². The maximum atomic E-state index is 13.3. The quantitative estimate of drug-likeness (QED) is 0.551. The average molecular weight is 404 g/mol. The topological polar surface area (TPSA) is 96.8 Å². The van der Waals surface area contributed by atoms with Crippen molar-refractivity contribution in [1.29, 1.82) is 0 Å². The molecule has 0 aliphatic heterocycles. The predicted octanol–water partition coefficient (Wildman–Crippen LogP) is 3.22. The Balaban J connectivity index is 1.68. The van der Waals surface area contributed by atoms with Gasteiger partial charge in [0.2, 0.25) is 0 Å². The molecule has 0 radical (unpaired) electrons. The van der Waals surface area contributed by atoms with E-state index in [2.05, 4.69) is 20.1 Å². The lowest BCUT2D eigenvalue weighted by Crippen LogP contribution is -2.32. The zero-order chi connectivity index (χ0) is 21.4. The van der Waals surface area contributed by atoms with Gasteiger partial charge in [0, 0.05) is 18.0 Å². The van der Waals surface area contributed by atoms with E-state index < -0.39 is 0 Å². The number of amides is 1. The van der Waals surface area contributed by atoms with Gasteiger partial charge in [0.25, 0.3) is 11.5 Å². The van der Waals surface area contributed by atoms with Crippen LogP contribution in [0, 0.1) is 6.92 Å². The summed E-state index contributed by atoms with van der Waals surface area (Å²) >= 11 is 0. The van der Waals surface area contributed by atoms with E-state index >= 15 is 0 Å². The molecular weight excluding hydrogens is 380 g/mol.